The van der Waals surface area contributed by atoms with Gasteiger partial charge in [0.1, 0.15) is 5.82 Å². The minimum absolute atomic E-state index is 0.0575. The topological polar surface area (TPSA) is 113 Å². The highest BCUT2D eigenvalue weighted by Crippen LogP contribution is 2.25. The highest BCUT2D eigenvalue weighted by atomic mass is 32.2. The molecule has 0 unspecified atom stereocenters. The van der Waals surface area contributed by atoms with Crippen molar-refractivity contribution in [1.29, 1.82) is 0 Å². The van der Waals surface area contributed by atoms with Crippen molar-refractivity contribution < 1.29 is 26.0 Å². The molecule has 0 atom stereocenters. The second kappa shape index (κ2) is 11.2. The first-order chi connectivity index (χ1) is 17.9. The van der Waals surface area contributed by atoms with Crippen molar-refractivity contribution in [2.24, 2.45) is 5.92 Å². The smallest absolute Gasteiger partial charge is 0.261 e. The molecule has 0 radical (unpaired) electrons. The molecule has 0 spiro atoms. The molecule has 8 nitrogen and oxygen atoms in total. The molecular weight excluding hydrogens is 529 g/mol. The van der Waals surface area contributed by atoms with Crippen LogP contribution in [0.25, 0.3) is 0 Å². The van der Waals surface area contributed by atoms with Crippen LogP contribution in [0.3, 0.4) is 0 Å². The summed E-state index contributed by atoms with van der Waals surface area (Å²) in [6, 6.07) is 16.9. The van der Waals surface area contributed by atoms with Crippen LogP contribution in [-0.2, 0) is 30.6 Å². The fourth-order valence-electron chi connectivity index (χ4n) is 4.28. The van der Waals surface area contributed by atoms with Gasteiger partial charge in [-0.1, -0.05) is 24.3 Å². The number of carbonyl (C=O) groups is 1. The van der Waals surface area contributed by atoms with Crippen LogP contribution in [0.1, 0.15) is 29.5 Å². The quantitative estimate of drug-likeness (QED) is 0.424. The number of piperidine rings is 1. The van der Waals surface area contributed by atoms with E-state index in [0.29, 0.717) is 24.2 Å². The Bertz CT molecular complexity index is 1530. The predicted octanol–water partition coefficient (Wildman–Crippen LogP) is 4.42. The van der Waals surface area contributed by atoms with E-state index in [-0.39, 0.29) is 29.5 Å². The molecule has 11 heteroatoms. The number of rotatable bonds is 8. The second-order valence-electron chi connectivity index (χ2n) is 9.44. The number of anilines is 2. The molecular formula is C27H30FN3O5S2. The van der Waals surface area contributed by atoms with Gasteiger partial charge in [-0.25, -0.2) is 25.5 Å². The number of sulfonamides is 2. The predicted molar refractivity (Wildman–Crippen MR) is 145 cm³/mol. The van der Waals surface area contributed by atoms with E-state index in [1.165, 1.54) is 46.8 Å². The number of hydrogen-bond donors (Lipinski definition) is 2. The Morgan fingerprint density at radius 3 is 2.16 bits per heavy atom. The van der Waals surface area contributed by atoms with Crippen molar-refractivity contribution in [2.45, 2.75) is 37.3 Å². The summed E-state index contributed by atoms with van der Waals surface area (Å²) in [6.45, 7) is 4.17. The van der Waals surface area contributed by atoms with E-state index in [1.54, 1.807) is 18.2 Å². The zero-order valence-corrected chi connectivity index (χ0v) is 22.8. The van der Waals surface area contributed by atoms with Crippen LogP contribution in [0.15, 0.2) is 71.6 Å². The summed E-state index contributed by atoms with van der Waals surface area (Å²) in [5, 5.41) is 2.78. The number of nitrogens with one attached hydrogen (secondary N) is 2. The van der Waals surface area contributed by atoms with Crippen LogP contribution in [0.5, 0.6) is 0 Å². The molecule has 2 N–H and O–H groups in total. The van der Waals surface area contributed by atoms with Gasteiger partial charge in [0.15, 0.2) is 0 Å². The zero-order valence-electron chi connectivity index (χ0n) is 21.1. The highest BCUT2D eigenvalue weighted by Gasteiger charge is 2.31. The van der Waals surface area contributed by atoms with Gasteiger partial charge >= 0.3 is 0 Å². The fourth-order valence-corrected chi connectivity index (χ4v) is 6.91. The van der Waals surface area contributed by atoms with Crippen LogP contribution in [-0.4, -0.2) is 40.1 Å². The van der Waals surface area contributed by atoms with Crippen LogP contribution in [0, 0.1) is 25.6 Å². The SMILES string of the molecule is Cc1ccc(NS(=O)(=O)c2ccc(NC(=O)C3CCN(S(=O)(=O)Cc4ccccc4F)CC3)cc2)cc1C. The van der Waals surface area contributed by atoms with Gasteiger partial charge in [0.05, 0.1) is 10.6 Å². The number of hydrogen-bond acceptors (Lipinski definition) is 5. The van der Waals surface area contributed by atoms with Gasteiger partial charge in [0, 0.05) is 35.9 Å². The minimum atomic E-state index is -3.80. The molecule has 1 heterocycles. The molecule has 3 aromatic carbocycles. The lowest BCUT2D eigenvalue weighted by molar-refractivity contribution is -0.120. The Hall–Kier alpha value is -3.28. The minimum Gasteiger partial charge on any atom is -0.326 e. The first-order valence-electron chi connectivity index (χ1n) is 12.2. The average Bonchev–Trinajstić information content (AvgIpc) is 2.88. The van der Waals surface area contributed by atoms with Crippen molar-refractivity contribution in [3.05, 3.63) is 89.2 Å². The number of halogens is 1. The Labute approximate surface area is 223 Å². The molecule has 1 aliphatic heterocycles. The van der Waals surface area contributed by atoms with Gasteiger partial charge in [-0.3, -0.25) is 9.52 Å². The largest absolute Gasteiger partial charge is 0.326 e. The molecule has 1 aliphatic rings. The van der Waals surface area contributed by atoms with Crippen LogP contribution < -0.4 is 10.0 Å². The first kappa shape index (κ1) is 27.7. The fraction of sp³-hybridized carbons (Fsp3) is 0.296. The third kappa shape index (κ3) is 6.58. The lowest BCUT2D eigenvalue weighted by Gasteiger charge is -2.30. The maximum atomic E-state index is 13.9. The summed E-state index contributed by atoms with van der Waals surface area (Å²) in [6.07, 6.45) is 0.656. The molecule has 3 aromatic rings. The molecule has 1 amide bonds. The standard InChI is InChI=1S/C27H30FN3O5S2/c1-19-7-8-24(17-20(19)2)30-38(35,36)25-11-9-23(10-12-25)29-27(32)21-13-15-31(16-14-21)37(33,34)18-22-5-3-4-6-26(22)28/h3-12,17,21,30H,13-16,18H2,1-2H3,(H,29,32). The molecule has 38 heavy (non-hydrogen) atoms. The van der Waals surface area contributed by atoms with Crippen molar-refractivity contribution in [1.82, 2.24) is 4.31 Å². The van der Waals surface area contributed by atoms with Gasteiger partial charge in [-0.2, -0.15) is 0 Å². The molecule has 1 saturated heterocycles. The highest BCUT2D eigenvalue weighted by molar-refractivity contribution is 7.92. The van der Waals surface area contributed by atoms with Gasteiger partial charge in [0.2, 0.25) is 15.9 Å². The second-order valence-corrected chi connectivity index (χ2v) is 13.1. The normalized spacial score (nSPS) is 15.2. The van der Waals surface area contributed by atoms with E-state index in [9.17, 15) is 26.0 Å². The molecule has 4 rings (SSSR count). The van der Waals surface area contributed by atoms with Crippen molar-refractivity contribution in [3.63, 3.8) is 0 Å². The Morgan fingerprint density at radius 1 is 0.895 bits per heavy atom. The van der Waals surface area contributed by atoms with E-state index < -0.39 is 37.5 Å². The van der Waals surface area contributed by atoms with Gasteiger partial charge in [0.25, 0.3) is 10.0 Å². The van der Waals surface area contributed by atoms with E-state index in [4.69, 9.17) is 0 Å². The molecule has 202 valence electrons. The molecule has 0 saturated carbocycles. The van der Waals surface area contributed by atoms with E-state index in [0.717, 1.165) is 11.1 Å². The Balaban J connectivity index is 1.32. The van der Waals surface area contributed by atoms with E-state index >= 15 is 0 Å². The maximum absolute atomic E-state index is 13.9. The van der Waals surface area contributed by atoms with Crippen molar-refractivity contribution in [3.8, 4) is 0 Å². The molecule has 0 aromatic heterocycles. The Kier molecular flexibility index (Phi) is 8.19. The van der Waals surface area contributed by atoms with Gasteiger partial charge < -0.3 is 5.32 Å². The zero-order chi connectivity index (χ0) is 27.5. The molecule has 0 aliphatic carbocycles. The average molecular weight is 560 g/mol. The summed E-state index contributed by atoms with van der Waals surface area (Å²) >= 11 is 0. The lowest BCUT2D eigenvalue weighted by Crippen LogP contribution is -2.42. The van der Waals surface area contributed by atoms with Gasteiger partial charge in [-0.15, -0.1) is 0 Å². The Morgan fingerprint density at radius 2 is 1.53 bits per heavy atom. The first-order valence-corrected chi connectivity index (χ1v) is 15.3. The molecule has 0 bridgehead atoms. The van der Waals surface area contributed by atoms with Crippen LogP contribution in [0.2, 0.25) is 0 Å². The summed E-state index contributed by atoms with van der Waals surface area (Å²) in [7, 11) is -7.52. The number of carbonyl (C=O) groups excluding carboxylic acids is 1. The van der Waals surface area contributed by atoms with Gasteiger partial charge in [-0.05, 0) is 80.3 Å². The lowest BCUT2D eigenvalue weighted by atomic mass is 9.97. The monoisotopic (exact) mass is 559 g/mol. The van der Waals surface area contributed by atoms with E-state index in [2.05, 4.69) is 10.0 Å². The number of amides is 1. The summed E-state index contributed by atoms with van der Waals surface area (Å²) in [5.74, 6) is -1.65. The van der Waals surface area contributed by atoms with Crippen LogP contribution >= 0.6 is 0 Å². The number of aryl methyl sites for hydroxylation is 2. The third-order valence-corrected chi connectivity index (χ3v) is 9.93. The number of nitrogens with zero attached hydrogens (tertiary/aromatic N) is 1. The third-order valence-electron chi connectivity index (χ3n) is 6.71. The van der Waals surface area contributed by atoms with Crippen molar-refractivity contribution >= 4 is 37.3 Å². The van der Waals surface area contributed by atoms with Crippen LogP contribution in [0.4, 0.5) is 15.8 Å². The summed E-state index contributed by atoms with van der Waals surface area (Å²) in [5.41, 5.74) is 3.05. The molecule has 1 fully saturated rings. The van der Waals surface area contributed by atoms with Crippen molar-refractivity contribution in [2.75, 3.05) is 23.1 Å². The van der Waals surface area contributed by atoms with E-state index in [1.807, 2.05) is 19.9 Å². The maximum Gasteiger partial charge on any atom is 0.261 e. The summed E-state index contributed by atoms with van der Waals surface area (Å²) < 4.78 is 68.7. The number of benzene rings is 3. The summed E-state index contributed by atoms with van der Waals surface area (Å²) in [4.78, 5) is 12.8.